The van der Waals surface area contributed by atoms with Crippen molar-refractivity contribution in [3.63, 3.8) is 0 Å². The molecule has 0 atom stereocenters. The Morgan fingerprint density at radius 2 is 1.67 bits per heavy atom. The van der Waals surface area contributed by atoms with Gasteiger partial charge in [0.25, 0.3) is 5.91 Å². The van der Waals surface area contributed by atoms with Gasteiger partial charge in [-0.1, -0.05) is 48.0 Å². The van der Waals surface area contributed by atoms with Gasteiger partial charge >= 0.3 is 0 Å². The standard InChI is InChI=1S/C31H34N2O2S/c1-21-2-8-24(9-3-21)25-10-15-30-26(16-25)17-27(20-36-30)31(35)33-28-11-4-22(5-12-28)18-32-19-23-6-13-29(34)14-7-23/h2-5,8-12,15-17,23,29,32,34H,6-7,13-14,18-20H2,1H3,(H,33,35). The van der Waals surface area contributed by atoms with Crippen LogP contribution in [0.5, 0.6) is 0 Å². The lowest BCUT2D eigenvalue weighted by atomic mass is 9.87. The van der Waals surface area contributed by atoms with Crippen LogP contribution in [-0.2, 0) is 11.3 Å². The summed E-state index contributed by atoms with van der Waals surface area (Å²) >= 11 is 1.71. The summed E-state index contributed by atoms with van der Waals surface area (Å²) in [6, 6.07) is 23.1. The molecule has 2 aliphatic rings. The Labute approximate surface area is 218 Å². The predicted octanol–water partition coefficient (Wildman–Crippen LogP) is 6.43. The Hall–Kier alpha value is -2.86. The van der Waals surface area contributed by atoms with Crippen LogP contribution in [0.4, 0.5) is 5.69 Å². The van der Waals surface area contributed by atoms with Crippen LogP contribution in [0, 0.1) is 12.8 Å². The van der Waals surface area contributed by atoms with Crippen LogP contribution in [0.3, 0.4) is 0 Å². The molecule has 0 saturated heterocycles. The number of benzene rings is 3. The SMILES string of the molecule is Cc1ccc(-c2ccc3c(c2)C=C(C(=O)Nc2ccc(CNCC4CCC(O)CC4)cc2)CS3)cc1. The number of aliphatic hydroxyl groups is 1. The van der Waals surface area contributed by atoms with Crippen LogP contribution >= 0.6 is 11.8 Å². The van der Waals surface area contributed by atoms with Crippen molar-refractivity contribution in [1.82, 2.24) is 5.32 Å². The zero-order valence-corrected chi connectivity index (χ0v) is 21.6. The van der Waals surface area contributed by atoms with E-state index in [2.05, 4.69) is 72.2 Å². The summed E-state index contributed by atoms with van der Waals surface area (Å²) in [4.78, 5) is 14.2. The lowest BCUT2D eigenvalue weighted by Crippen LogP contribution is -2.27. The van der Waals surface area contributed by atoms with Crippen molar-refractivity contribution in [3.8, 4) is 11.1 Å². The third-order valence-electron chi connectivity index (χ3n) is 7.19. The van der Waals surface area contributed by atoms with Gasteiger partial charge in [-0.05, 0) is 97.7 Å². The molecule has 3 N–H and O–H groups in total. The lowest BCUT2D eigenvalue weighted by Gasteiger charge is -2.25. The normalized spacial score (nSPS) is 19.3. The Morgan fingerprint density at radius 3 is 2.42 bits per heavy atom. The average molecular weight is 499 g/mol. The number of aliphatic hydroxyl groups excluding tert-OH is 1. The summed E-state index contributed by atoms with van der Waals surface area (Å²) in [5.41, 5.74) is 7.50. The molecule has 0 aromatic heterocycles. The second-order valence-corrected chi connectivity index (χ2v) is 11.1. The summed E-state index contributed by atoms with van der Waals surface area (Å²) in [5, 5.41) is 16.3. The quantitative estimate of drug-likeness (QED) is 0.351. The van der Waals surface area contributed by atoms with Gasteiger partial charge in [-0.2, -0.15) is 0 Å². The number of amides is 1. The van der Waals surface area contributed by atoms with E-state index in [4.69, 9.17) is 0 Å². The number of aryl methyl sites for hydroxylation is 1. The van der Waals surface area contributed by atoms with Gasteiger partial charge in [-0.3, -0.25) is 4.79 Å². The van der Waals surface area contributed by atoms with Crippen LogP contribution in [-0.4, -0.2) is 29.4 Å². The highest BCUT2D eigenvalue weighted by Gasteiger charge is 2.19. The Bertz CT molecular complexity index is 1230. The maximum atomic E-state index is 13.0. The average Bonchev–Trinajstić information content (AvgIpc) is 2.90. The van der Waals surface area contributed by atoms with E-state index in [0.717, 1.165) is 61.2 Å². The van der Waals surface area contributed by atoms with E-state index in [1.54, 1.807) is 11.8 Å². The number of nitrogens with one attached hydrogen (secondary N) is 2. The fourth-order valence-electron chi connectivity index (χ4n) is 4.92. The summed E-state index contributed by atoms with van der Waals surface area (Å²) in [6.45, 7) is 3.90. The second-order valence-electron chi connectivity index (χ2n) is 10.0. The zero-order valence-electron chi connectivity index (χ0n) is 20.8. The first-order chi connectivity index (χ1) is 17.5. The van der Waals surface area contributed by atoms with Crippen LogP contribution in [0.15, 0.2) is 77.2 Å². The molecule has 186 valence electrons. The summed E-state index contributed by atoms with van der Waals surface area (Å²) in [7, 11) is 0. The van der Waals surface area contributed by atoms with Crippen LogP contribution < -0.4 is 10.6 Å². The molecule has 5 heteroatoms. The zero-order chi connectivity index (χ0) is 24.9. The number of hydrogen-bond acceptors (Lipinski definition) is 4. The smallest absolute Gasteiger partial charge is 0.252 e. The molecule has 0 radical (unpaired) electrons. The van der Waals surface area contributed by atoms with E-state index < -0.39 is 0 Å². The van der Waals surface area contributed by atoms with E-state index in [1.165, 1.54) is 21.6 Å². The molecule has 1 heterocycles. The van der Waals surface area contributed by atoms with Gasteiger partial charge in [-0.25, -0.2) is 0 Å². The number of fused-ring (bicyclic) bond motifs is 1. The van der Waals surface area contributed by atoms with E-state index in [1.807, 2.05) is 18.2 Å². The maximum absolute atomic E-state index is 13.0. The van der Waals surface area contributed by atoms with E-state index in [0.29, 0.717) is 11.7 Å². The summed E-state index contributed by atoms with van der Waals surface area (Å²) in [5.74, 6) is 1.29. The van der Waals surface area contributed by atoms with Gasteiger partial charge in [0.05, 0.1) is 6.10 Å². The molecule has 1 aliphatic heterocycles. The number of carbonyl (C=O) groups is 1. The Morgan fingerprint density at radius 1 is 0.944 bits per heavy atom. The molecular formula is C31H34N2O2S. The van der Waals surface area contributed by atoms with E-state index in [9.17, 15) is 9.90 Å². The van der Waals surface area contributed by atoms with Crippen LogP contribution in [0.2, 0.25) is 0 Å². The van der Waals surface area contributed by atoms with Crippen LogP contribution in [0.25, 0.3) is 17.2 Å². The van der Waals surface area contributed by atoms with Gasteiger partial charge in [-0.15, -0.1) is 11.8 Å². The highest BCUT2D eigenvalue weighted by Crippen LogP contribution is 2.35. The summed E-state index contributed by atoms with van der Waals surface area (Å²) in [6.07, 6.45) is 5.99. The fourth-order valence-corrected chi connectivity index (χ4v) is 5.90. The lowest BCUT2D eigenvalue weighted by molar-refractivity contribution is -0.112. The third kappa shape index (κ3) is 6.28. The molecule has 5 rings (SSSR count). The minimum Gasteiger partial charge on any atom is -0.393 e. The van der Waals surface area contributed by atoms with Crippen molar-refractivity contribution < 1.29 is 9.90 Å². The monoisotopic (exact) mass is 498 g/mol. The minimum absolute atomic E-state index is 0.0424. The predicted molar refractivity (Wildman–Crippen MR) is 150 cm³/mol. The molecule has 1 fully saturated rings. The van der Waals surface area contributed by atoms with Gasteiger partial charge < -0.3 is 15.7 Å². The van der Waals surface area contributed by atoms with Gasteiger partial charge in [0.1, 0.15) is 0 Å². The first-order valence-electron chi connectivity index (χ1n) is 12.9. The van der Waals surface area contributed by atoms with Crippen LogP contribution in [0.1, 0.15) is 42.4 Å². The first kappa shape index (κ1) is 24.8. The molecule has 36 heavy (non-hydrogen) atoms. The van der Waals surface area contributed by atoms with E-state index in [-0.39, 0.29) is 12.0 Å². The highest BCUT2D eigenvalue weighted by molar-refractivity contribution is 7.99. The number of carbonyl (C=O) groups excluding carboxylic acids is 1. The van der Waals surface area contributed by atoms with Crippen molar-refractivity contribution in [2.24, 2.45) is 5.92 Å². The summed E-state index contributed by atoms with van der Waals surface area (Å²) < 4.78 is 0. The number of rotatable bonds is 7. The van der Waals surface area contributed by atoms with Crippen molar-refractivity contribution in [3.05, 3.63) is 89.0 Å². The number of hydrogen-bond donors (Lipinski definition) is 3. The molecule has 3 aromatic rings. The Balaban J connectivity index is 1.17. The largest absolute Gasteiger partial charge is 0.393 e. The highest BCUT2D eigenvalue weighted by atomic mass is 32.2. The molecular weight excluding hydrogens is 464 g/mol. The Kier molecular flexibility index (Phi) is 7.90. The first-order valence-corrected chi connectivity index (χ1v) is 13.9. The maximum Gasteiger partial charge on any atom is 0.252 e. The minimum atomic E-state index is -0.0992. The molecule has 0 spiro atoms. The number of anilines is 1. The second kappa shape index (κ2) is 11.5. The van der Waals surface area contributed by atoms with Gasteiger partial charge in [0.2, 0.25) is 0 Å². The third-order valence-corrected chi connectivity index (χ3v) is 8.33. The van der Waals surface area contributed by atoms with E-state index >= 15 is 0 Å². The van der Waals surface area contributed by atoms with Crippen molar-refractivity contribution in [1.29, 1.82) is 0 Å². The molecule has 1 amide bonds. The molecule has 4 nitrogen and oxygen atoms in total. The molecule has 1 aliphatic carbocycles. The molecule has 1 saturated carbocycles. The topological polar surface area (TPSA) is 61.4 Å². The molecule has 3 aromatic carbocycles. The van der Waals surface area contributed by atoms with Crippen molar-refractivity contribution >= 4 is 29.4 Å². The van der Waals surface area contributed by atoms with Gasteiger partial charge in [0, 0.05) is 28.5 Å². The van der Waals surface area contributed by atoms with Crippen molar-refractivity contribution in [2.75, 3.05) is 17.6 Å². The molecule has 0 bridgehead atoms. The fraction of sp³-hybridized carbons (Fsp3) is 0.323. The van der Waals surface area contributed by atoms with Crippen molar-refractivity contribution in [2.45, 2.75) is 50.2 Å². The number of thioether (sulfide) groups is 1. The van der Waals surface area contributed by atoms with Gasteiger partial charge in [0.15, 0.2) is 0 Å². The molecule has 0 unspecified atom stereocenters.